The molecule has 14 heavy (non-hydrogen) atoms. The lowest BCUT2D eigenvalue weighted by atomic mass is 9.64. The first-order valence-electron chi connectivity index (χ1n) is 5.95. The van der Waals surface area contributed by atoms with Gasteiger partial charge in [0.25, 0.3) is 0 Å². The van der Waals surface area contributed by atoms with Gasteiger partial charge in [0.2, 0.25) is 0 Å². The highest BCUT2D eigenvalue weighted by Crippen LogP contribution is 2.46. The summed E-state index contributed by atoms with van der Waals surface area (Å²) in [6.45, 7) is 4.52. The predicted octanol–water partition coefficient (Wildman–Crippen LogP) is 2.02. The molecule has 1 saturated heterocycles. The molecule has 0 radical (unpaired) electrons. The fourth-order valence-corrected chi connectivity index (χ4v) is 3.46. The molecule has 4 unspecified atom stereocenters. The van der Waals surface area contributed by atoms with Gasteiger partial charge in [-0.15, -0.1) is 0 Å². The first-order chi connectivity index (χ1) is 6.55. The second-order valence-corrected chi connectivity index (χ2v) is 5.53. The second kappa shape index (κ2) is 3.49. The highest BCUT2D eigenvalue weighted by Gasteiger charge is 2.48. The van der Waals surface area contributed by atoms with Crippen molar-refractivity contribution >= 4 is 0 Å². The molecule has 2 nitrogen and oxygen atoms in total. The second-order valence-electron chi connectivity index (χ2n) is 5.53. The molecule has 2 rings (SSSR count). The zero-order valence-electron chi connectivity index (χ0n) is 9.66. The number of hydrogen-bond acceptors (Lipinski definition) is 2. The molecular formula is C12H23NO. The van der Waals surface area contributed by atoms with Crippen molar-refractivity contribution in [3.8, 4) is 0 Å². The molecule has 2 fully saturated rings. The minimum atomic E-state index is -0.0843. The Hall–Kier alpha value is -0.0800. The van der Waals surface area contributed by atoms with Gasteiger partial charge in [-0.1, -0.05) is 19.8 Å². The van der Waals surface area contributed by atoms with Gasteiger partial charge in [0.1, 0.15) is 0 Å². The Morgan fingerprint density at radius 3 is 2.79 bits per heavy atom. The van der Waals surface area contributed by atoms with Crippen LogP contribution in [0.25, 0.3) is 0 Å². The van der Waals surface area contributed by atoms with E-state index in [1.165, 1.54) is 25.7 Å². The lowest BCUT2D eigenvalue weighted by Crippen LogP contribution is -2.60. The van der Waals surface area contributed by atoms with Crippen LogP contribution >= 0.6 is 0 Å². The molecule has 2 aliphatic rings. The van der Waals surface area contributed by atoms with Crippen molar-refractivity contribution < 1.29 is 5.11 Å². The molecular weight excluding hydrogens is 174 g/mol. The summed E-state index contributed by atoms with van der Waals surface area (Å²) in [5.41, 5.74) is 0.166. The van der Waals surface area contributed by atoms with Crippen LogP contribution in [0.1, 0.15) is 46.0 Å². The number of piperidine rings is 1. The van der Waals surface area contributed by atoms with Gasteiger partial charge in [-0.25, -0.2) is 0 Å². The van der Waals surface area contributed by atoms with Gasteiger partial charge in [-0.3, -0.25) is 0 Å². The highest BCUT2D eigenvalue weighted by molar-refractivity contribution is 5.01. The maximum Gasteiger partial charge on any atom is 0.0623 e. The number of aliphatic hydroxyl groups is 1. The minimum Gasteiger partial charge on any atom is -0.392 e. The van der Waals surface area contributed by atoms with Gasteiger partial charge in [-0.2, -0.15) is 0 Å². The van der Waals surface area contributed by atoms with E-state index in [9.17, 15) is 5.11 Å². The van der Waals surface area contributed by atoms with Crippen LogP contribution in [-0.4, -0.2) is 35.2 Å². The topological polar surface area (TPSA) is 23.5 Å². The lowest BCUT2D eigenvalue weighted by molar-refractivity contribution is -0.111. The van der Waals surface area contributed by atoms with E-state index in [0.717, 1.165) is 6.42 Å². The Kier molecular flexibility index (Phi) is 2.61. The lowest BCUT2D eigenvalue weighted by Gasteiger charge is -2.55. The summed E-state index contributed by atoms with van der Waals surface area (Å²) in [7, 11) is 2.23. The summed E-state index contributed by atoms with van der Waals surface area (Å²) in [5.74, 6) is 0. The predicted molar refractivity (Wildman–Crippen MR) is 58.2 cm³/mol. The summed E-state index contributed by atoms with van der Waals surface area (Å²) in [6, 6.07) is 1.15. The van der Waals surface area contributed by atoms with Crippen molar-refractivity contribution in [1.29, 1.82) is 0 Å². The average Bonchev–Trinajstić information content (AvgIpc) is 2.15. The van der Waals surface area contributed by atoms with Crippen molar-refractivity contribution in [2.45, 2.75) is 64.1 Å². The number of fused-ring (bicyclic) bond motifs is 1. The zero-order chi connectivity index (χ0) is 10.3. The SMILES string of the molecule is CC1CC(O)C2(C)CCCCC2N1C. The standard InChI is InChI=1S/C12H23NO/c1-9-8-11(14)12(2)7-5-4-6-10(12)13(9)3/h9-11,14H,4-8H2,1-3H3. The molecule has 1 N–H and O–H groups in total. The largest absolute Gasteiger partial charge is 0.392 e. The summed E-state index contributed by atoms with van der Waals surface area (Å²) >= 11 is 0. The number of hydrogen-bond donors (Lipinski definition) is 1. The first-order valence-corrected chi connectivity index (χ1v) is 5.95. The molecule has 0 bridgehead atoms. The highest BCUT2D eigenvalue weighted by atomic mass is 16.3. The molecule has 0 aromatic carbocycles. The molecule has 82 valence electrons. The van der Waals surface area contributed by atoms with Crippen LogP contribution in [0, 0.1) is 5.41 Å². The van der Waals surface area contributed by atoms with E-state index in [0.29, 0.717) is 12.1 Å². The quantitative estimate of drug-likeness (QED) is 0.642. The maximum absolute atomic E-state index is 10.2. The Balaban J connectivity index is 2.23. The van der Waals surface area contributed by atoms with E-state index in [2.05, 4.69) is 25.8 Å². The van der Waals surface area contributed by atoms with Crippen molar-refractivity contribution in [1.82, 2.24) is 4.90 Å². The molecule has 0 spiro atoms. The van der Waals surface area contributed by atoms with Crippen LogP contribution in [0.5, 0.6) is 0 Å². The third-order valence-electron chi connectivity index (χ3n) is 4.72. The van der Waals surface area contributed by atoms with Crippen LogP contribution in [-0.2, 0) is 0 Å². The fourth-order valence-electron chi connectivity index (χ4n) is 3.46. The molecule has 0 aromatic heterocycles. The van der Waals surface area contributed by atoms with Gasteiger partial charge in [-0.05, 0) is 33.2 Å². The van der Waals surface area contributed by atoms with Gasteiger partial charge in [0, 0.05) is 17.5 Å². The van der Waals surface area contributed by atoms with Crippen LogP contribution < -0.4 is 0 Å². The zero-order valence-corrected chi connectivity index (χ0v) is 9.66. The van der Waals surface area contributed by atoms with Gasteiger partial charge >= 0.3 is 0 Å². The van der Waals surface area contributed by atoms with E-state index >= 15 is 0 Å². The van der Waals surface area contributed by atoms with E-state index in [1.807, 2.05) is 0 Å². The molecule has 0 amide bonds. The first kappa shape index (κ1) is 10.4. The summed E-state index contributed by atoms with van der Waals surface area (Å²) in [4.78, 5) is 2.49. The molecule has 1 aliphatic carbocycles. The number of aliphatic hydroxyl groups excluding tert-OH is 1. The van der Waals surface area contributed by atoms with E-state index < -0.39 is 0 Å². The van der Waals surface area contributed by atoms with Crippen molar-refractivity contribution in [3.05, 3.63) is 0 Å². The molecule has 4 atom stereocenters. The Labute approximate surface area is 87.3 Å². The number of likely N-dealkylation sites (tertiary alicyclic amines) is 1. The molecule has 1 saturated carbocycles. The minimum absolute atomic E-state index is 0.0843. The number of rotatable bonds is 0. The third-order valence-corrected chi connectivity index (χ3v) is 4.72. The van der Waals surface area contributed by atoms with Gasteiger partial charge < -0.3 is 10.0 Å². The van der Waals surface area contributed by atoms with E-state index in [1.54, 1.807) is 0 Å². The molecule has 1 aliphatic heterocycles. The number of nitrogens with zero attached hydrogens (tertiary/aromatic N) is 1. The monoisotopic (exact) mass is 197 g/mol. The smallest absolute Gasteiger partial charge is 0.0623 e. The average molecular weight is 197 g/mol. The Morgan fingerprint density at radius 2 is 2.07 bits per heavy atom. The molecule has 2 heteroatoms. The Morgan fingerprint density at radius 1 is 1.36 bits per heavy atom. The van der Waals surface area contributed by atoms with Crippen LogP contribution in [0.4, 0.5) is 0 Å². The van der Waals surface area contributed by atoms with Crippen LogP contribution in [0.2, 0.25) is 0 Å². The van der Waals surface area contributed by atoms with Crippen LogP contribution in [0.3, 0.4) is 0 Å². The van der Waals surface area contributed by atoms with Crippen molar-refractivity contribution in [2.24, 2.45) is 5.41 Å². The summed E-state index contributed by atoms with van der Waals surface area (Å²) in [6.07, 6.45) is 5.98. The fraction of sp³-hybridized carbons (Fsp3) is 1.00. The van der Waals surface area contributed by atoms with Crippen LogP contribution in [0.15, 0.2) is 0 Å². The van der Waals surface area contributed by atoms with Gasteiger partial charge in [0.15, 0.2) is 0 Å². The maximum atomic E-state index is 10.2. The summed E-state index contributed by atoms with van der Waals surface area (Å²) < 4.78 is 0. The van der Waals surface area contributed by atoms with Gasteiger partial charge in [0.05, 0.1) is 6.10 Å². The van der Waals surface area contributed by atoms with Crippen molar-refractivity contribution in [2.75, 3.05) is 7.05 Å². The third kappa shape index (κ3) is 1.40. The normalized spacial score (nSPS) is 50.1. The van der Waals surface area contributed by atoms with E-state index in [4.69, 9.17) is 0 Å². The Bertz CT molecular complexity index is 218. The van der Waals surface area contributed by atoms with E-state index in [-0.39, 0.29) is 11.5 Å². The summed E-state index contributed by atoms with van der Waals surface area (Å²) in [5, 5.41) is 10.2. The molecule has 1 heterocycles. The van der Waals surface area contributed by atoms with Crippen molar-refractivity contribution in [3.63, 3.8) is 0 Å². The molecule has 0 aromatic rings.